The van der Waals surface area contributed by atoms with Gasteiger partial charge in [0.1, 0.15) is 5.75 Å². The zero-order chi connectivity index (χ0) is 17.6. The van der Waals surface area contributed by atoms with E-state index in [1.165, 1.54) is 0 Å². The minimum Gasteiger partial charge on any atom is -0.497 e. The quantitative estimate of drug-likeness (QED) is 0.796. The first kappa shape index (κ1) is 18.4. The first-order valence-corrected chi connectivity index (χ1v) is 9.28. The van der Waals surface area contributed by atoms with Crippen molar-refractivity contribution in [2.75, 3.05) is 20.8 Å². The van der Waals surface area contributed by atoms with Crippen molar-refractivity contribution in [3.63, 3.8) is 0 Å². The monoisotopic (exact) mass is 349 g/mol. The van der Waals surface area contributed by atoms with Crippen molar-refractivity contribution in [2.45, 2.75) is 18.8 Å². The molecule has 0 bridgehead atoms. The van der Waals surface area contributed by atoms with Crippen LogP contribution in [0.1, 0.15) is 22.8 Å². The number of methoxy groups -OCH3 is 2. The molecule has 1 unspecified atom stereocenters. The van der Waals surface area contributed by atoms with Gasteiger partial charge in [0, 0.05) is 13.7 Å². The third kappa shape index (κ3) is 5.33. The summed E-state index contributed by atoms with van der Waals surface area (Å²) >= 11 is 0. The zero-order valence-electron chi connectivity index (χ0n) is 14.2. The van der Waals surface area contributed by atoms with E-state index in [-0.39, 0.29) is 18.4 Å². The molecule has 0 aliphatic carbocycles. The average molecular weight is 349 g/mol. The SMILES string of the molecule is COc1cccc(C(CNS(=O)(=O)Cc2cccc(C)c2)OC)c1. The van der Waals surface area contributed by atoms with Crippen LogP contribution in [0.25, 0.3) is 0 Å². The van der Waals surface area contributed by atoms with Crippen molar-refractivity contribution >= 4 is 10.0 Å². The van der Waals surface area contributed by atoms with Gasteiger partial charge < -0.3 is 9.47 Å². The molecule has 0 saturated carbocycles. The Labute approximate surface area is 143 Å². The lowest BCUT2D eigenvalue weighted by molar-refractivity contribution is 0.107. The van der Waals surface area contributed by atoms with E-state index in [0.717, 1.165) is 16.7 Å². The van der Waals surface area contributed by atoms with Gasteiger partial charge in [-0.1, -0.05) is 42.0 Å². The van der Waals surface area contributed by atoms with Gasteiger partial charge in [-0.15, -0.1) is 0 Å². The molecule has 130 valence electrons. The summed E-state index contributed by atoms with van der Waals surface area (Å²) in [4.78, 5) is 0. The molecule has 0 aliphatic heterocycles. The molecule has 0 radical (unpaired) electrons. The Morgan fingerprint density at radius 3 is 2.50 bits per heavy atom. The van der Waals surface area contributed by atoms with Gasteiger partial charge in [-0.2, -0.15) is 0 Å². The third-order valence-electron chi connectivity index (χ3n) is 3.68. The summed E-state index contributed by atoms with van der Waals surface area (Å²) in [5, 5.41) is 0. The molecule has 0 saturated heterocycles. The van der Waals surface area contributed by atoms with E-state index in [4.69, 9.17) is 9.47 Å². The summed E-state index contributed by atoms with van der Waals surface area (Å²) in [6.45, 7) is 2.10. The van der Waals surface area contributed by atoms with Crippen molar-refractivity contribution in [3.05, 3.63) is 65.2 Å². The summed E-state index contributed by atoms with van der Waals surface area (Å²) < 4.78 is 37.8. The minimum absolute atomic E-state index is 0.0524. The van der Waals surface area contributed by atoms with Crippen molar-refractivity contribution in [1.82, 2.24) is 4.72 Å². The van der Waals surface area contributed by atoms with E-state index in [1.807, 2.05) is 55.5 Å². The second kappa shape index (κ2) is 8.28. The highest BCUT2D eigenvalue weighted by Crippen LogP contribution is 2.21. The van der Waals surface area contributed by atoms with Gasteiger partial charge in [-0.25, -0.2) is 13.1 Å². The molecule has 0 heterocycles. The van der Waals surface area contributed by atoms with Crippen LogP contribution in [0.5, 0.6) is 5.75 Å². The predicted octanol–water partition coefficient (Wildman–Crippen LogP) is 2.81. The smallest absolute Gasteiger partial charge is 0.215 e. The highest BCUT2D eigenvalue weighted by molar-refractivity contribution is 7.88. The first-order valence-electron chi connectivity index (χ1n) is 7.63. The van der Waals surface area contributed by atoms with Gasteiger partial charge in [0.2, 0.25) is 10.0 Å². The van der Waals surface area contributed by atoms with Crippen molar-refractivity contribution in [2.24, 2.45) is 0 Å². The van der Waals surface area contributed by atoms with E-state index in [2.05, 4.69) is 4.72 Å². The highest BCUT2D eigenvalue weighted by Gasteiger charge is 2.17. The molecule has 0 spiro atoms. The molecule has 5 nitrogen and oxygen atoms in total. The van der Waals surface area contributed by atoms with Crippen molar-refractivity contribution < 1.29 is 17.9 Å². The molecule has 0 aromatic heterocycles. The van der Waals surface area contributed by atoms with Crippen LogP contribution in [0.4, 0.5) is 0 Å². The fourth-order valence-corrected chi connectivity index (χ4v) is 3.58. The van der Waals surface area contributed by atoms with Gasteiger partial charge in [-0.05, 0) is 30.2 Å². The molecule has 1 N–H and O–H groups in total. The standard InChI is InChI=1S/C18H23NO4S/c1-14-6-4-7-15(10-14)13-24(20,21)19-12-18(23-3)16-8-5-9-17(11-16)22-2/h4-11,18-19H,12-13H2,1-3H3. The normalized spacial score (nSPS) is 12.8. The summed E-state index contributed by atoms with van der Waals surface area (Å²) in [6, 6.07) is 14.9. The van der Waals surface area contributed by atoms with Crippen LogP contribution in [-0.4, -0.2) is 29.2 Å². The Morgan fingerprint density at radius 2 is 1.83 bits per heavy atom. The largest absolute Gasteiger partial charge is 0.497 e. The summed E-state index contributed by atoms with van der Waals surface area (Å²) in [5.41, 5.74) is 2.65. The Kier molecular flexibility index (Phi) is 6.36. The number of sulfonamides is 1. The lowest BCUT2D eigenvalue weighted by atomic mass is 10.1. The van der Waals surface area contributed by atoms with Gasteiger partial charge in [0.25, 0.3) is 0 Å². The van der Waals surface area contributed by atoms with Crippen LogP contribution in [0.3, 0.4) is 0 Å². The van der Waals surface area contributed by atoms with Crippen LogP contribution >= 0.6 is 0 Å². The Bertz CT molecular complexity index is 774. The first-order chi connectivity index (χ1) is 11.4. The number of ether oxygens (including phenoxy) is 2. The van der Waals surface area contributed by atoms with Crippen LogP contribution in [-0.2, 0) is 20.5 Å². The second-order valence-electron chi connectivity index (χ2n) is 5.60. The lowest BCUT2D eigenvalue weighted by Crippen LogP contribution is -2.30. The summed E-state index contributed by atoms with van der Waals surface area (Å²) in [5.74, 6) is 0.653. The molecule has 0 aliphatic rings. The number of rotatable bonds is 8. The molecule has 2 rings (SSSR count). The lowest BCUT2D eigenvalue weighted by Gasteiger charge is -2.17. The molecule has 6 heteroatoms. The number of nitrogens with one attached hydrogen (secondary N) is 1. The Morgan fingerprint density at radius 1 is 1.08 bits per heavy atom. The van der Waals surface area contributed by atoms with Crippen LogP contribution in [0.2, 0.25) is 0 Å². The molecule has 0 amide bonds. The molecular formula is C18H23NO4S. The highest BCUT2D eigenvalue weighted by atomic mass is 32.2. The van der Waals surface area contributed by atoms with E-state index in [1.54, 1.807) is 14.2 Å². The average Bonchev–Trinajstić information content (AvgIpc) is 2.55. The minimum atomic E-state index is -3.44. The molecule has 2 aromatic rings. The van der Waals surface area contributed by atoms with Crippen molar-refractivity contribution in [1.29, 1.82) is 0 Å². The maximum absolute atomic E-state index is 12.3. The van der Waals surface area contributed by atoms with Crippen LogP contribution in [0, 0.1) is 6.92 Å². The van der Waals surface area contributed by atoms with E-state index >= 15 is 0 Å². The van der Waals surface area contributed by atoms with E-state index in [9.17, 15) is 8.42 Å². The van der Waals surface area contributed by atoms with Gasteiger partial charge in [0.15, 0.2) is 0 Å². The Hall–Kier alpha value is -1.89. The van der Waals surface area contributed by atoms with Gasteiger partial charge >= 0.3 is 0 Å². The molecular weight excluding hydrogens is 326 g/mol. The topological polar surface area (TPSA) is 64.6 Å². The number of hydrogen-bond donors (Lipinski definition) is 1. The third-order valence-corrected chi connectivity index (χ3v) is 5.00. The molecule has 24 heavy (non-hydrogen) atoms. The maximum atomic E-state index is 12.3. The maximum Gasteiger partial charge on any atom is 0.215 e. The van der Waals surface area contributed by atoms with Gasteiger partial charge in [-0.3, -0.25) is 0 Å². The van der Waals surface area contributed by atoms with Crippen LogP contribution < -0.4 is 9.46 Å². The summed E-state index contributed by atoms with van der Waals surface area (Å²) in [6.07, 6.45) is -0.382. The number of aryl methyl sites for hydroxylation is 1. The second-order valence-corrected chi connectivity index (χ2v) is 7.40. The fourth-order valence-electron chi connectivity index (χ4n) is 2.45. The summed E-state index contributed by atoms with van der Waals surface area (Å²) in [7, 11) is -0.298. The molecule has 2 aromatic carbocycles. The fraction of sp³-hybridized carbons (Fsp3) is 0.333. The zero-order valence-corrected chi connectivity index (χ0v) is 15.0. The Balaban J connectivity index is 2.03. The van der Waals surface area contributed by atoms with E-state index < -0.39 is 10.0 Å². The van der Waals surface area contributed by atoms with Gasteiger partial charge in [0.05, 0.1) is 19.0 Å². The predicted molar refractivity (Wildman–Crippen MR) is 94.5 cm³/mol. The van der Waals surface area contributed by atoms with Crippen molar-refractivity contribution in [3.8, 4) is 5.75 Å². The van der Waals surface area contributed by atoms with E-state index in [0.29, 0.717) is 5.75 Å². The number of benzene rings is 2. The molecule has 1 atom stereocenters. The molecule has 0 fully saturated rings. The number of hydrogen-bond acceptors (Lipinski definition) is 4. The van der Waals surface area contributed by atoms with Crippen LogP contribution in [0.15, 0.2) is 48.5 Å².